The Morgan fingerprint density at radius 2 is 2.06 bits per heavy atom. The van der Waals surface area contributed by atoms with Crippen molar-refractivity contribution in [3.63, 3.8) is 0 Å². The van der Waals surface area contributed by atoms with E-state index in [1.165, 1.54) is 23.9 Å². The van der Waals surface area contributed by atoms with Crippen LogP contribution in [0.25, 0.3) is 0 Å². The first-order valence-corrected chi connectivity index (χ1v) is 6.05. The molecule has 2 fully saturated rings. The van der Waals surface area contributed by atoms with E-state index in [0.29, 0.717) is 17.8 Å². The van der Waals surface area contributed by atoms with Crippen molar-refractivity contribution in [3.8, 4) is 0 Å². The van der Waals surface area contributed by atoms with Crippen LogP contribution in [0.5, 0.6) is 0 Å². The molecule has 0 bridgehead atoms. The number of fused-ring (bicyclic) bond motifs is 1. The predicted octanol–water partition coefficient (Wildman–Crippen LogP) is 1.01. The van der Waals surface area contributed by atoms with Gasteiger partial charge in [0.1, 0.15) is 0 Å². The SMILES string of the molecule is CC(C)(C(=O)O)n1nnnc1C1C2CCCC21. The van der Waals surface area contributed by atoms with Crippen LogP contribution >= 0.6 is 0 Å². The molecular weight excluding hydrogens is 220 g/mol. The molecule has 92 valence electrons. The van der Waals surface area contributed by atoms with Crippen LogP contribution in [-0.4, -0.2) is 31.3 Å². The lowest BCUT2D eigenvalue weighted by Gasteiger charge is -2.20. The van der Waals surface area contributed by atoms with Crippen molar-refractivity contribution in [1.82, 2.24) is 20.2 Å². The molecule has 0 radical (unpaired) electrons. The maximum atomic E-state index is 11.2. The first kappa shape index (κ1) is 10.7. The molecule has 0 aromatic carbocycles. The number of tetrazole rings is 1. The number of carboxylic acid groups (broad SMARTS) is 1. The molecule has 0 saturated heterocycles. The van der Waals surface area contributed by atoms with E-state index in [1.54, 1.807) is 13.8 Å². The Balaban J connectivity index is 1.93. The third-order valence-corrected chi connectivity index (χ3v) is 4.25. The molecule has 6 nitrogen and oxygen atoms in total. The van der Waals surface area contributed by atoms with Gasteiger partial charge in [0.15, 0.2) is 11.4 Å². The molecule has 0 amide bonds. The Labute approximate surface area is 99.0 Å². The normalized spacial score (nSPS) is 31.3. The Morgan fingerprint density at radius 3 is 2.65 bits per heavy atom. The summed E-state index contributed by atoms with van der Waals surface area (Å²) in [5.74, 6) is 1.61. The fourth-order valence-electron chi connectivity index (χ4n) is 3.10. The first-order valence-electron chi connectivity index (χ1n) is 6.05. The van der Waals surface area contributed by atoms with E-state index in [4.69, 9.17) is 0 Å². The van der Waals surface area contributed by atoms with Crippen molar-refractivity contribution >= 4 is 5.97 Å². The number of carboxylic acids is 1. The standard InChI is InChI=1S/C11H16N4O2/c1-11(2,10(16)17)15-9(12-13-14-15)8-6-4-3-5-7(6)8/h6-8H,3-5H2,1-2H3,(H,16,17). The quantitative estimate of drug-likeness (QED) is 0.847. The lowest BCUT2D eigenvalue weighted by atomic mass is 10.1. The van der Waals surface area contributed by atoms with Crippen LogP contribution in [0.3, 0.4) is 0 Å². The summed E-state index contributed by atoms with van der Waals surface area (Å²) >= 11 is 0. The van der Waals surface area contributed by atoms with Gasteiger partial charge in [-0.15, -0.1) is 5.10 Å². The third-order valence-electron chi connectivity index (χ3n) is 4.25. The van der Waals surface area contributed by atoms with Gasteiger partial charge in [0.05, 0.1) is 0 Å². The van der Waals surface area contributed by atoms with Crippen LogP contribution in [0.15, 0.2) is 0 Å². The van der Waals surface area contributed by atoms with Gasteiger partial charge in [0.2, 0.25) is 0 Å². The first-order chi connectivity index (χ1) is 8.03. The highest BCUT2D eigenvalue weighted by Crippen LogP contribution is 2.62. The summed E-state index contributed by atoms with van der Waals surface area (Å²) < 4.78 is 1.48. The zero-order chi connectivity index (χ0) is 12.2. The number of rotatable bonds is 3. The lowest BCUT2D eigenvalue weighted by Crippen LogP contribution is -2.38. The average Bonchev–Trinajstić information content (AvgIpc) is 2.76. The van der Waals surface area contributed by atoms with Gasteiger partial charge >= 0.3 is 5.97 Å². The van der Waals surface area contributed by atoms with E-state index in [0.717, 1.165) is 5.82 Å². The van der Waals surface area contributed by atoms with Crippen LogP contribution in [0.4, 0.5) is 0 Å². The molecule has 17 heavy (non-hydrogen) atoms. The van der Waals surface area contributed by atoms with Crippen molar-refractivity contribution < 1.29 is 9.90 Å². The number of hydrogen-bond acceptors (Lipinski definition) is 4. The average molecular weight is 236 g/mol. The second kappa shape index (κ2) is 3.27. The fourth-order valence-corrected chi connectivity index (χ4v) is 3.10. The van der Waals surface area contributed by atoms with Crippen molar-refractivity contribution in [2.24, 2.45) is 11.8 Å². The monoisotopic (exact) mass is 236 g/mol. The zero-order valence-corrected chi connectivity index (χ0v) is 10.00. The second-order valence-corrected chi connectivity index (χ2v) is 5.60. The van der Waals surface area contributed by atoms with Crippen molar-refractivity contribution in [2.75, 3.05) is 0 Å². The van der Waals surface area contributed by atoms with Gasteiger partial charge in [-0.25, -0.2) is 9.48 Å². The number of hydrogen-bond donors (Lipinski definition) is 1. The van der Waals surface area contributed by atoms with Gasteiger partial charge in [-0.2, -0.15) is 0 Å². The molecule has 2 saturated carbocycles. The Bertz CT molecular complexity index is 458. The summed E-state index contributed by atoms with van der Waals surface area (Å²) in [4.78, 5) is 11.2. The minimum atomic E-state index is -1.07. The van der Waals surface area contributed by atoms with E-state index >= 15 is 0 Å². The van der Waals surface area contributed by atoms with Gasteiger partial charge in [-0.05, 0) is 49.0 Å². The van der Waals surface area contributed by atoms with Crippen molar-refractivity contribution in [1.29, 1.82) is 0 Å². The molecule has 0 aliphatic heterocycles. The molecule has 2 aliphatic carbocycles. The largest absolute Gasteiger partial charge is 0.479 e. The molecule has 2 unspecified atom stereocenters. The van der Waals surface area contributed by atoms with Crippen LogP contribution < -0.4 is 0 Å². The van der Waals surface area contributed by atoms with Crippen LogP contribution in [-0.2, 0) is 10.3 Å². The fraction of sp³-hybridized carbons (Fsp3) is 0.818. The number of nitrogens with zero attached hydrogens (tertiary/aromatic N) is 4. The van der Waals surface area contributed by atoms with Gasteiger partial charge in [-0.3, -0.25) is 0 Å². The lowest BCUT2D eigenvalue weighted by molar-refractivity contribution is -0.146. The molecule has 1 N–H and O–H groups in total. The zero-order valence-electron chi connectivity index (χ0n) is 10.00. The molecule has 1 aromatic heterocycles. The van der Waals surface area contributed by atoms with E-state index in [1.807, 2.05) is 0 Å². The maximum absolute atomic E-state index is 11.2. The van der Waals surface area contributed by atoms with Crippen molar-refractivity contribution in [3.05, 3.63) is 5.82 Å². The van der Waals surface area contributed by atoms with Gasteiger partial charge < -0.3 is 5.11 Å². The highest BCUT2D eigenvalue weighted by Gasteiger charge is 2.56. The Kier molecular flexibility index (Phi) is 2.06. The highest BCUT2D eigenvalue weighted by atomic mass is 16.4. The van der Waals surface area contributed by atoms with Gasteiger partial charge in [0, 0.05) is 5.92 Å². The van der Waals surface area contributed by atoms with E-state index < -0.39 is 11.5 Å². The van der Waals surface area contributed by atoms with Crippen molar-refractivity contribution in [2.45, 2.75) is 44.6 Å². The Morgan fingerprint density at radius 1 is 1.41 bits per heavy atom. The summed E-state index contributed by atoms with van der Waals surface area (Å²) in [6, 6.07) is 0. The predicted molar refractivity (Wildman–Crippen MR) is 58.3 cm³/mol. The van der Waals surface area contributed by atoms with Crippen LogP contribution in [0.2, 0.25) is 0 Å². The third kappa shape index (κ3) is 1.39. The number of aromatic nitrogens is 4. The summed E-state index contributed by atoms with van der Waals surface area (Å²) in [6.45, 7) is 3.26. The van der Waals surface area contributed by atoms with E-state index in [2.05, 4.69) is 15.5 Å². The van der Waals surface area contributed by atoms with Gasteiger partial charge in [-0.1, -0.05) is 6.42 Å². The molecule has 1 aromatic rings. The molecule has 0 spiro atoms. The number of carbonyl (C=O) groups is 1. The molecule has 2 atom stereocenters. The Hall–Kier alpha value is -1.46. The molecule has 6 heteroatoms. The molecular formula is C11H16N4O2. The minimum Gasteiger partial charge on any atom is -0.479 e. The summed E-state index contributed by atoms with van der Waals surface area (Å²) in [7, 11) is 0. The molecule has 3 rings (SSSR count). The maximum Gasteiger partial charge on any atom is 0.331 e. The smallest absolute Gasteiger partial charge is 0.331 e. The van der Waals surface area contributed by atoms with E-state index in [-0.39, 0.29) is 0 Å². The topological polar surface area (TPSA) is 80.9 Å². The summed E-state index contributed by atoms with van der Waals surface area (Å²) in [5, 5.41) is 20.8. The summed E-state index contributed by atoms with van der Waals surface area (Å²) in [6.07, 6.45) is 3.75. The minimum absolute atomic E-state index is 0.386. The molecule has 2 aliphatic rings. The van der Waals surface area contributed by atoms with E-state index in [9.17, 15) is 9.90 Å². The van der Waals surface area contributed by atoms with Gasteiger partial charge in [0.25, 0.3) is 0 Å². The number of aliphatic carboxylic acids is 1. The summed E-state index contributed by atoms with van der Waals surface area (Å²) in [5.41, 5.74) is -1.07. The van der Waals surface area contributed by atoms with Crippen LogP contribution in [0.1, 0.15) is 44.9 Å². The second-order valence-electron chi connectivity index (χ2n) is 5.60. The molecule has 1 heterocycles. The highest BCUT2D eigenvalue weighted by molar-refractivity contribution is 5.75. The van der Waals surface area contributed by atoms with Crippen LogP contribution in [0, 0.1) is 11.8 Å².